The summed E-state index contributed by atoms with van der Waals surface area (Å²) < 4.78 is 4.90. The van der Waals surface area contributed by atoms with Crippen molar-refractivity contribution in [3.05, 3.63) is 60.1 Å². The third kappa shape index (κ3) is 3.34. The molecule has 0 aliphatic rings. The average molecular weight is 309 g/mol. The number of nitrogens with zero attached hydrogens (tertiary/aromatic N) is 4. The van der Waals surface area contributed by atoms with Crippen LogP contribution >= 0.6 is 0 Å². The Hall–Kier alpha value is -3.22. The number of rotatable bonds is 4. The normalized spacial score (nSPS) is 10.3. The predicted octanol–water partition coefficient (Wildman–Crippen LogP) is 2.79. The smallest absolute Gasteiger partial charge is 0.260 e. The number of nitrogens with one attached hydrogen (secondary N) is 1. The highest BCUT2D eigenvalue weighted by molar-refractivity contribution is 6.03. The van der Waals surface area contributed by atoms with Crippen LogP contribution in [0.5, 0.6) is 0 Å². The van der Waals surface area contributed by atoms with Gasteiger partial charge in [-0.1, -0.05) is 23.4 Å². The highest BCUT2D eigenvalue weighted by Gasteiger charge is 2.12. The highest BCUT2D eigenvalue weighted by atomic mass is 16.5. The molecule has 0 spiro atoms. The third-order valence-electron chi connectivity index (χ3n) is 3.21. The molecule has 1 aromatic carbocycles. The number of hydrogen-bond donors (Lipinski definition) is 1. The van der Waals surface area contributed by atoms with E-state index >= 15 is 0 Å². The van der Waals surface area contributed by atoms with Gasteiger partial charge in [-0.25, -0.2) is 9.97 Å². The molecule has 0 unspecified atom stereocenters. The lowest BCUT2D eigenvalue weighted by molar-refractivity contribution is 0.102. The number of carbonyl (C=O) groups is 1. The molecule has 0 aliphatic carbocycles. The first kappa shape index (κ1) is 14.7. The lowest BCUT2D eigenvalue weighted by Gasteiger charge is -2.16. The first-order chi connectivity index (χ1) is 11.1. The van der Waals surface area contributed by atoms with E-state index in [1.807, 2.05) is 42.3 Å². The average Bonchev–Trinajstić information content (AvgIpc) is 3.00. The minimum atomic E-state index is -0.341. The fraction of sp³-hybridized carbons (Fsp3) is 0.125. The number of hydrogen-bond acceptors (Lipinski definition) is 6. The summed E-state index contributed by atoms with van der Waals surface area (Å²) in [6, 6.07) is 11.4. The van der Waals surface area contributed by atoms with Gasteiger partial charge >= 0.3 is 0 Å². The van der Waals surface area contributed by atoms with Crippen molar-refractivity contribution in [2.24, 2.45) is 0 Å². The first-order valence-corrected chi connectivity index (χ1v) is 6.99. The lowest BCUT2D eigenvalue weighted by Crippen LogP contribution is -2.16. The Labute approximate surface area is 133 Å². The second kappa shape index (κ2) is 6.27. The highest BCUT2D eigenvalue weighted by Crippen LogP contribution is 2.19. The van der Waals surface area contributed by atoms with Gasteiger partial charge in [0.25, 0.3) is 5.91 Å². The third-order valence-corrected chi connectivity index (χ3v) is 3.21. The van der Waals surface area contributed by atoms with Crippen molar-refractivity contribution in [1.82, 2.24) is 15.1 Å². The molecule has 0 atom stereocenters. The van der Waals surface area contributed by atoms with Gasteiger partial charge in [-0.05, 0) is 19.1 Å². The Morgan fingerprint density at radius 2 is 1.87 bits per heavy atom. The van der Waals surface area contributed by atoms with Crippen molar-refractivity contribution in [3.8, 4) is 0 Å². The number of para-hydroxylation sites is 1. The van der Waals surface area contributed by atoms with Crippen LogP contribution in [0.2, 0.25) is 0 Å². The summed E-state index contributed by atoms with van der Waals surface area (Å²) in [6.07, 6.45) is 2.95. The number of anilines is 3. The number of carbonyl (C=O) groups excluding carboxylic acids is 1. The molecule has 0 saturated carbocycles. The zero-order valence-corrected chi connectivity index (χ0v) is 12.7. The molecule has 3 aromatic rings. The molecule has 1 amide bonds. The van der Waals surface area contributed by atoms with Crippen LogP contribution in [0.15, 0.2) is 53.3 Å². The SMILES string of the molecule is Cc1cc(NC(=O)c2cnc(N(C)c3ccccc3)nc2)no1. The zero-order valence-electron chi connectivity index (χ0n) is 12.7. The maximum atomic E-state index is 12.1. The molecule has 0 radical (unpaired) electrons. The van der Waals surface area contributed by atoms with Crippen LogP contribution in [0.4, 0.5) is 17.5 Å². The van der Waals surface area contributed by atoms with E-state index in [0.717, 1.165) is 5.69 Å². The molecule has 1 N–H and O–H groups in total. The second-order valence-electron chi connectivity index (χ2n) is 4.94. The van der Waals surface area contributed by atoms with Crippen molar-refractivity contribution < 1.29 is 9.32 Å². The number of amides is 1. The monoisotopic (exact) mass is 309 g/mol. The van der Waals surface area contributed by atoms with Gasteiger partial charge in [0.15, 0.2) is 5.82 Å². The molecule has 7 heteroatoms. The van der Waals surface area contributed by atoms with Crippen LogP contribution in [0.25, 0.3) is 0 Å². The van der Waals surface area contributed by atoms with Crippen LogP contribution in [0, 0.1) is 6.92 Å². The summed E-state index contributed by atoms with van der Waals surface area (Å²) in [6.45, 7) is 1.75. The first-order valence-electron chi connectivity index (χ1n) is 6.99. The van der Waals surface area contributed by atoms with Gasteiger partial charge in [-0.15, -0.1) is 0 Å². The van der Waals surface area contributed by atoms with Gasteiger partial charge in [-0.3, -0.25) is 4.79 Å². The number of aryl methyl sites for hydroxylation is 1. The maximum absolute atomic E-state index is 12.1. The van der Waals surface area contributed by atoms with Crippen LogP contribution < -0.4 is 10.2 Å². The summed E-state index contributed by atoms with van der Waals surface area (Å²) in [7, 11) is 1.86. The number of benzene rings is 1. The number of aromatic nitrogens is 3. The molecule has 0 aliphatic heterocycles. The van der Waals surface area contributed by atoms with Gasteiger partial charge in [0.05, 0.1) is 5.56 Å². The van der Waals surface area contributed by atoms with Crippen molar-refractivity contribution in [3.63, 3.8) is 0 Å². The van der Waals surface area contributed by atoms with E-state index in [4.69, 9.17) is 4.52 Å². The van der Waals surface area contributed by atoms with E-state index in [1.165, 1.54) is 12.4 Å². The summed E-state index contributed by atoms with van der Waals surface area (Å²) in [4.78, 5) is 22.4. The summed E-state index contributed by atoms with van der Waals surface area (Å²) in [5, 5.41) is 6.33. The van der Waals surface area contributed by atoms with Gasteiger partial charge in [0, 0.05) is 31.2 Å². The topological polar surface area (TPSA) is 84.2 Å². The van der Waals surface area contributed by atoms with E-state index in [-0.39, 0.29) is 5.91 Å². The van der Waals surface area contributed by atoms with Crippen molar-refractivity contribution >= 4 is 23.4 Å². The molecular formula is C16H15N5O2. The molecule has 0 fully saturated rings. The largest absolute Gasteiger partial charge is 0.360 e. The molecule has 116 valence electrons. The Morgan fingerprint density at radius 3 is 2.48 bits per heavy atom. The molecular weight excluding hydrogens is 294 g/mol. The Balaban J connectivity index is 1.73. The van der Waals surface area contributed by atoms with E-state index in [0.29, 0.717) is 23.1 Å². The molecule has 0 bridgehead atoms. The van der Waals surface area contributed by atoms with E-state index in [1.54, 1.807) is 13.0 Å². The van der Waals surface area contributed by atoms with Gasteiger partial charge in [-0.2, -0.15) is 0 Å². The van der Waals surface area contributed by atoms with E-state index < -0.39 is 0 Å². The summed E-state index contributed by atoms with van der Waals surface area (Å²) in [5.74, 6) is 1.15. The van der Waals surface area contributed by atoms with Crippen molar-refractivity contribution in [2.75, 3.05) is 17.3 Å². The van der Waals surface area contributed by atoms with Crippen LogP contribution in [-0.2, 0) is 0 Å². The van der Waals surface area contributed by atoms with E-state index in [9.17, 15) is 4.79 Å². The van der Waals surface area contributed by atoms with Crippen LogP contribution in [0.1, 0.15) is 16.1 Å². The Morgan fingerprint density at radius 1 is 1.17 bits per heavy atom. The van der Waals surface area contributed by atoms with Gasteiger partial charge in [0.2, 0.25) is 5.95 Å². The second-order valence-corrected chi connectivity index (χ2v) is 4.94. The molecule has 2 aromatic heterocycles. The molecule has 0 saturated heterocycles. The Kier molecular flexibility index (Phi) is 4.01. The lowest BCUT2D eigenvalue weighted by atomic mass is 10.3. The molecule has 2 heterocycles. The van der Waals surface area contributed by atoms with Crippen molar-refractivity contribution in [2.45, 2.75) is 6.92 Å². The summed E-state index contributed by atoms with van der Waals surface area (Å²) >= 11 is 0. The fourth-order valence-corrected chi connectivity index (χ4v) is 1.99. The zero-order chi connectivity index (χ0) is 16.2. The maximum Gasteiger partial charge on any atom is 0.260 e. The molecule has 7 nitrogen and oxygen atoms in total. The fourth-order valence-electron chi connectivity index (χ4n) is 1.99. The Bertz CT molecular complexity index is 799. The summed E-state index contributed by atoms with van der Waals surface area (Å²) in [5.41, 5.74) is 1.30. The van der Waals surface area contributed by atoms with Gasteiger partial charge < -0.3 is 14.7 Å². The van der Waals surface area contributed by atoms with Crippen molar-refractivity contribution in [1.29, 1.82) is 0 Å². The van der Waals surface area contributed by atoms with Crippen LogP contribution in [-0.4, -0.2) is 28.1 Å². The van der Waals surface area contributed by atoms with Crippen LogP contribution in [0.3, 0.4) is 0 Å². The minimum absolute atomic E-state index is 0.341. The van der Waals surface area contributed by atoms with Gasteiger partial charge in [0.1, 0.15) is 5.76 Å². The minimum Gasteiger partial charge on any atom is -0.360 e. The molecule has 23 heavy (non-hydrogen) atoms. The standard InChI is InChI=1S/C16H15N5O2/c1-11-8-14(20-23-11)19-15(22)12-9-17-16(18-10-12)21(2)13-6-4-3-5-7-13/h3-10H,1-2H3,(H,19,20,22). The predicted molar refractivity (Wildman–Crippen MR) is 85.7 cm³/mol. The quantitative estimate of drug-likeness (QED) is 0.797. The van der Waals surface area contributed by atoms with E-state index in [2.05, 4.69) is 20.4 Å². The molecule has 3 rings (SSSR count).